The van der Waals surface area contributed by atoms with Gasteiger partial charge in [-0.05, 0) is 43.4 Å². The van der Waals surface area contributed by atoms with E-state index in [1.807, 2.05) is 26.0 Å². The molecule has 4 nitrogen and oxygen atoms in total. The maximum absolute atomic E-state index is 11.5. The average molecular weight is 249 g/mol. The van der Waals surface area contributed by atoms with E-state index in [-0.39, 0.29) is 19.1 Å². The summed E-state index contributed by atoms with van der Waals surface area (Å²) in [5.74, 6) is 0.667. The topological polar surface area (TPSA) is 58.6 Å². The van der Waals surface area contributed by atoms with Crippen LogP contribution in [0.5, 0.6) is 5.75 Å². The number of aliphatic hydroxyl groups excluding tert-OH is 1. The van der Waals surface area contributed by atoms with Crippen LogP contribution in [-0.2, 0) is 11.4 Å². The summed E-state index contributed by atoms with van der Waals surface area (Å²) in [6.07, 6.45) is 2.16. The van der Waals surface area contributed by atoms with E-state index < -0.39 is 0 Å². The van der Waals surface area contributed by atoms with Crippen molar-refractivity contribution in [2.24, 2.45) is 0 Å². The van der Waals surface area contributed by atoms with Crippen LogP contribution in [0.25, 0.3) is 0 Å². The first kappa shape index (κ1) is 12.9. The van der Waals surface area contributed by atoms with Gasteiger partial charge in [0, 0.05) is 6.04 Å². The van der Waals surface area contributed by atoms with E-state index >= 15 is 0 Å². The number of carbonyl (C=O) groups is 1. The molecule has 1 aromatic carbocycles. The predicted octanol–water partition coefficient (Wildman–Crippen LogP) is 1.45. The summed E-state index contributed by atoms with van der Waals surface area (Å²) in [6, 6.07) is 4.11. The van der Waals surface area contributed by atoms with Crippen molar-refractivity contribution < 1.29 is 14.6 Å². The first-order valence-electron chi connectivity index (χ1n) is 6.23. The van der Waals surface area contributed by atoms with Crippen molar-refractivity contribution in [2.75, 3.05) is 6.61 Å². The predicted molar refractivity (Wildman–Crippen MR) is 68.5 cm³/mol. The Morgan fingerprint density at radius 2 is 2.00 bits per heavy atom. The van der Waals surface area contributed by atoms with Crippen molar-refractivity contribution in [3.63, 3.8) is 0 Å². The number of amides is 1. The van der Waals surface area contributed by atoms with Gasteiger partial charge in [0.15, 0.2) is 6.61 Å². The molecule has 0 atom stereocenters. The van der Waals surface area contributed by atoms with E-state index in [9.17, 15) is 4.79 Å². The Bertz CT molecular complexity index is 429. The van der Waals surface area contributed by atoms with Crippen LogP contribution in [0.15, 0.2) is 12.1 Å². The molecule has 0 aliphatic heterocycles. The SMILES string of the molecule is Cc1cc(CO)cc(C)c1OCC(=O)NC1CC1. The lowest BCUT2D eigenvalue weighted by Crippen LogP contribution is -2.30. The number of aliphatic hydroxyl groups is 1. The Morgan fingerprint density at radius 3 is 2.50 bits per heavy atom. The van der Waals surface area contributed by atoms with Crippen LogP contribution in [-0.4, -0.2) is 23.7 Å². The molecule has 0 bridgehead atoms. The summed E-state index contributed by atoms with van der Waals surface area (Å²) in [7, 11) is 0. The van der Waals surface area contributed by atoms with Gasteiger partial charge in [-0.2, -0.15) is 0 Å². The third-order valence-corrected chi connectivity index (χ3v) is 2.99. The largest absolute Gasteiger partial charge is 0.483 e. The average Bonchev–Trinajstić information content (AvgIpc) is 3.11. The fraction of sp³-hybridized carbons (Fsp3) is 0.500. The molecule has 0 heterocycles. The zero-order chi connectivity index (χ0) is 13.1. The summed E-state index contributed by atoms with van der Waals surface area (Å²) >= 11 is 0. The molecule has 0 spiro atoms. The Labute approximate surface area is 107 Å². The Morgan fingerprint density at radius 1 is 1.39 bits per heavy atom. The van der Waals surface area contributed by atoms with Gasteiger partial charge in [-0.15, -0.1) is 0 Å². The van der Waals surface area contributed by atoms with Crippen molar-refractivity contribution in [1.29, 1.82) is 0 Å². The second-order valence-electron chi connectivity index (χ2n) is 4.85. The molecule has 1 aliphatic rings. The van der Waals surface area contributed by atoms with Gasteiger partial charge >= 0.3 is 0 Å². The molecule has 1 aliphatic carbocycles. The highest BCUT2D eigenvalue weighted by Crippen LogP contribution is 2.25. The highest BCUT2D eigenvalue weighted by molar-refractivity contribution is 5.78. The molecule has 18 heavy (non-hydrogen) atoms. The van der Waals surface area contributed by atoms with Gasteiger partial charge in [0.1, 0.15) is 5.75 Å². The fourth-order valence-corrected chi connectivity index (χ4v) is 1.99. The molecular weight excluding hydrogens is 230 g/mol. The monoisotopic (exact) mass is 249 g/mol. The summed E-state index contributed by atoms with van der Waals surface area (Å²) < 4.78 is 5.56. The van der Waals surface area contributed by atoms with Gasteiger partial charge in [-0.25, -0.2) is 0 Å². The van der Waals surface area contributed by atoms with Gasteiger partial charge in [-0.1, -0.05) is 12.1 Å². The van der Waals surface area contributed by atoms with Crippen LogP contribution in [0.2, 0.25) is 0 Å². The molecule has 2 N–H and O–H groups in total. The molecule has 1 saturated carbocycles. The lowest BCUT2D eigenvalue weighted by molar-refractivity contribution is -0.123. The smallest absolute Gasteiger partial charge is 0.258 e. The van der Waals surface area contributed by atoms with Crippen LogP contribution in [0.3, 0.4) is 0 Å². The maximum Gasteiger partial charge on any atom is 0.258 e. The summed E-state index contributed by atoms with van der Waals surface area (Å²) in [5.41, 5.74) is 2.75. The van der Waals surface area contributed by atoms with E-state index in [1.54, 1.807) is 0 Å². The highest BCUT2D eigenvalue weighted by atomic mass is 16.5. The fourth-order valence-electron chi connectivity index (χ4n) is 1.99. The third-order valence-electron chi connectivity index (χ3n) is 2.99. The minimum absolute atomic E-state index is 0.0180. The molecule has 2 rings (SSSR count). The van der Waals surface area contributed by atoms with Crippen LogP contribution >= 0.6 is 0 Å². The first-order chi connectivity index (χ1) is 8.60. The minimum Gasteiger partial charge on any atom is -0.483 e. The molecule has 98 valence electrons. The zero-order valence-electron chi connectivity index (χ0n) is 10.8. The lowest BCUT2D eigenvalue weighted by atomic mass is 10.1. The van der Waals surface area contributed by atoms with E-state index in [0.717, 1.165) is 35.3 Å². The minimum atomic E-state index is -0.0671. The summed E-state index contributed by atoms with van der Waals surface area (Å²) in [4.78, 5) is 11.5. The number of hydrogen-bond donors (Lipinski definition) is 2. The summed E-state index contributed by atoms with van der Waals surface area (Å²) in [6.45, 7) is 3.90. The maximum atomic E-state index is 11.5. The second-order valence-corrected chi connectivity index (χ2v) is 4.85. The number of nitrogens with one attached hydrogen (secondary N) is 1. The van der Waals surface area contributed by atoms with Crippen LogP contribution < -0.4 is 10.1 Å². The van der Waals surface area contributed by atoms with Gasteiger partial charge in [-0.3, -0.25) is 4.79 Å². The van der Waals surface area contributed by atoms with Crippen molar-refractivity contribution in [3.05, 3.63) is 28.8 Å². The first-order valence-corrected chi connectivity index (χ1v) is 6.23. The van der Waals surface area contributed by atoms with Gasteiger partial charge in [0.25, 0.3) is 5.91 Å². The van der Waals surface area contributed by atoms with Crippen LogP contribution in [0, 0.1) is 13.8 Å². The highest BCUT2D eigenvalue weighted by Gasteiger charge is 2.23. The molecule has 0 radical (unpaired) electrons. The number of rotatable bonds is 5. The number of carbonyl (C=O) groups excluding carboxylic acids is 1. The van der Waals surface area contributed by atoms with E-state index in [4.69, 9.17) is 9.84 Å². The number of hydrogen-bond acceptors (Lipinski definition) is 3. The van der Waals surface area contributed by atoms with Crippen LogP contribution in [0.4, 0.5) is 0 Å². The van der Waals surface area contributed by atoms with E-state index in [1.165, 1.54) is 0 Å². The van der Waals surface area contributed by atoms with Crippen molar-refractivity contribution in [1.82, 2.24) is 5.32 Å². The number of benzene rings is 1. The van der Waals surface area contributed by atoms with Gasteiger partial charge in [0.05, 0.1) is 6.61 Å². The normalized spacial score (nSPS) is 14.4. The number of aryl methyl sites for hydroxylation is 2. The Balaban J connectivity index is 1.97. The van der Waals surface area contributed by atoms with Gasteiger partial charge < -0.3 is 15.2 Å². The standard InChI is InChI=1S/C14H19NO3/c1-9-5-11(7-16)6-10(2)14(9)18-8-13(17)15-12-3-4-12/h5-6,12,16H,3-4,7-8H2,1-2H3,(H,15,17). The lowest BCUT2D eigenvalue weighted by Gasteiger charge is -2.13. The van der Waals surface area contributed by atoms with E-state index in [2.05, 4.69) is 5.32 Å². The summed E-state index contributed by atoms with van der Waals surface area (Å²) in [5, 5.41) is 12.0. The molecule has 1 amide bonds. The second kappa shape index (κ2) is 5.40. The van der Waals surface area contributed by atoms with Crippen LogP contribution in [0.1, 0.15) is 29.5 Å². The number of ether oxygens (including phenoxy) is 1. The molecular formula is C14H19NO3. The Kier molecular flexibility index (Phi) is 3.87. The molecule has 1 fully saturated rings. The molecule has 1 aromatic rings. The Hall–Kier alpha value is -1.55. The molecule has 0 aromatic heterocycles. The van der Waals surface area contributed by atoms with Crippen molar-refractivity contribution in [2.45, 2.75) is 39.3 Å². The molecule has 4 heteroatoms. The third kappa shape index (κ3) is 3.23. The van der Waals surface area contributed by atoms with Crippen molar-refractivity contribution >= 4 is 5.91 Å². The molecule has 0 saturated heterocycles. The zero-order valence-corrected chi connectivity index (χ0v) is 10.8. The quantitative estimate of drug-likeness (QED) is 0.830. The van der Waals surface area contributed by atoms with E-state index in [0.29, 0.717) is 6.04 Å². The van der Waals surface area contributed by atoms with Crippen molar-refractivity contribution in [3.8, 4) is 5.75 Å². The van der Waals surface area contributed by atoms with Gasteiger partial charge in [0.2, 0.25) is 0 Å². The molecule has 0 unspecified atom stereocenters.